The molecule has 0 aliphatic heterocycles. The molecule has 19 heavy (non-hydrogen) atoms. The minimum Gasteiger partial charge on any atom is -0.488 e. The van der Waals surface area contributed by atoms with Gasteiger partial charge in [-0.1, -0.05) is 25.0 Å². The molecule has 0 atom stereocenters. The Balaban J connectivity index is 1.75. The van der Waals surface area contributed by atoms with Crippen molar-refractivity contribution in [2.75, 3.05) is 6.54 Å². The lowest BCUT2D eigenvalue weighted by Crippen LogP contribution is -2.28. The summed E-state index contributed by atoms with van der Waals surface area (Å²) in [6.45, 7) is 7.31. The van der Waals surface area contributed by atoms with Gasteiger partial charge < -0.3 is 10.1 Å². The molecule has 0 saturated heterocycles. The van der Waals surface area contributed by atoms with Crippen molar-refractivity contribution in [2.24, 2.45) is 0 Å². The van der Waals surface area contributed by atoms with Crippen molar-refractivity contribution in [3.63, 3.8) is 0 Å². The van der Waals surface area contributed by atoms with Gasteiger partial charge in [-0.2, -0.15) is 0 Å². The summed E-state index contributed by atoms with van der Waals surface area (Å²) in [4.78, 5) is 0. The first kappa shape index (κ1) is 14.4. The van der Waals surface area contributed by atoms with Crippen LogP contribution in [-0.4, -0.2) is 18.2 Å². The quantitative estimate of drug-likeness (QED) is 0.867. The summed E-state index contributed by atoms with van der Waals surface area (Å²) in [5.74, 6) is 0.958. The highest BCUT2D eigenvalue weighted by Gasteiger charge is 2.13. The zero-order valence-corrected chi connectivity index (χ0v) is 12.5. The van der Waals surface area contributed by atoms with E-state index in [1.165, 1.54) is 31.2 Å². The van der Waals surface area contributed by atoms with E-state index in [4.69, 9.17) is 4.74 Å². The van der Waals surface area contributed by atoms with Gasteiger partial charge in [-0.15, -0.1) is 0 Å². The molecule has 1 saturated carbocycles. The lowest BCUT2D eigenvalue weighted by Gasteiger charge is -2.21. The SMILES string of the molecule is CC(C)(C)Oc1ccc(CCNC2CCCC2)cc1. The number of ether oxygens (including phenoxy) is 1. The standard InChI is InChI=1S/C17H27NO/c1-17(2,3)19-16-10-8-14(9-11-16)12-13-18-15-6-4-5-7-15/h8-11,15,18H,4-7,12-13H2,1-3H3. The number of rotatable bonds is 5. The number of benzene rings is 1. The maximum Gasteiger partial charge on any atom is 0.120 e. The summed E-state index contributed by atoms with van der Waals surface area (Å²) in [7, 11) is 0. The van der Waals surface area contributed by atoms with Crippen LogP contribution in [0.1, 0.15) is 52.0 Å². The molecular formula is C17H27NO. The van der Waals surface area contributed by atoms with Gasteiger partial charge in [0.2, 0.25) is 0 Å². The van der Waals surface area contributed by atoms with E-state index < -0.39 is 0 Å². The summed E-state index contributed by atoms with van der Waals surface area (Å²) >= 11 is 0. The van der Waals surface area contributed by atoms with Crippen LogP contribution < -0.4 is 10.1 Å². The van der Waals surface area contributed by atoms with Crippen LogP contribution in [0.15, 0.2) is 24.3 Å². The number of hydrogen-bond donors (Lipinski definition) is 1. The predicted octanol–water partition coefficient (Wildman–Crippen LogP) is 3.94. The first-order valence-electron chi connectivity index (χ1n) is 7.54. The van der Waals surface area contributed by atoms with Gasteiger partial charge in [0.25, 0.3) is 0 Å². The molecule has 0 unspecified atom stereocenters. The third-order valence-electron chi connectivity index (χ3n) is 3.55. The maximum absolute atomic E-state index is 5.83. The maximum atomic E-state index is 5.83. The minimum absolute atomic E-state index is 0.119. The molecule has 2 nitrogen and oxygen atoms in total. The fraction of sp³-hybridized carbons (Fsp3) is 0.647. The van der Waals surface area contributed by atoms with Gasteiger partial charge in [-0.05, 0) is 64.3 Å². The third-order valence-corrected chi connectivity index (χ3v) is 3.55. The molecule has 0 amide bonds. The van der Waals surface area contributed by atoms with Gasteiger partial charge in [0.15, 0.2) is 0 Å². The van der Waals surface area contributed by atoms with Gasteiger partial charge >= 0.3 is 0 Å². The van der Waals surface area contributed by atoms with Crippen LogP contribution in [0, 0.1) is 0 Å². The van der Waals surface area contributed by atoms with Crippen LogP contribution in [0.3, 0.4) is 0 Å². The Morgan fingerprint density at radius 1 is 1.11 bits per heavy atom. The molecule has 106 valence electrons. The van der Waals surface area contributed by atoms with Crippen LogP contribution in [-0.2, 0) is 6.42 Å². The normalized spacial score (nSPS) is 16.8. The zero-order valence-electron chi connectivity index (χ0n) is 12.5. The molecule has 1 aromatic rings. The summed E-state index contributed by atoms with van der Waals surface area (Å²) in [6, 6.07) is 9.28. The van der Waals surface area contributed by atoms with Crippen LogP contribution >= 0.6 is 0 Å². The fourth-order valence-corrected chi connectivity index (χ4v) is 2.63. The molecule has 1 aliphatic rings. The molecule has 0 spiro atoms. The minimum atomic E-state index is -0.119. The topological polar surface area (TPSA) is 21.3 Å². The lowest BCUT2D eigenvalue weighted by molar-refractivity contribution is 0.131. The second kappa shape index (κ2) is 6.42. The molecule has 1 fully saturated rings. The molecule has 2 heteroatoms. The third kappa shape index (κ3) is 5.23. The van der Waals surface area contributed by atoms with Crippen molar-refractivity contribution < 1.29 is 4.74 Å². The Morgan fingerprint density at radius 2 is 1.74 bits per heavy atom. The van der Waals surface area contributed by atoms with Gasteiger partial charge in [-0.25, -0.2) is 0 Å². The molecular weight excluding hydrogens is 234 g/mol. The van der Waals surface area contributed by atoms with Gasteiger partial charge in [0.05, 0.1) is 0 Å². The van der Waals surface area contributed by atoms with E-state index in [1.54, 1.807) is 0 Å². The molecule has 0 heterocycles. The molecule has 0 radical (unpaired) electrons. The fourth-order valence-electron chi connectivity index (χ4n) is 2.63. The van der Waals surface area contributed by atoms with Crippen molar-refractivity contribution >= 4 is 0 Å². The van der Waals surface area contributed by atoms with Crippen molar-refractivity contribution in [2.45, 2.75) is 64.5 Å². The van der Waals surface area contributed by atoms with Crippen LogP contribution in [0.2, 0.25) is 0 Å². The highest BCUT2D eigenvalue weighted by molar-refractivity contribution is 5.27. The molecule has 2 rings (SSSR count). The van der Waals surface area contributed by atoms with Gasteiger partial charge in [0.1, 0.15) is 11.4 Å². The van der Waals surface area contributed by atoms with Gasteiger partial charge in [-0.3, -0.25) is 0 Å². The first-order chi connectivity index (χ1) is 9.03. The second-order valence-electron chi connectivity index (χ2n) is 6.54. The zero-order chi connectivity index (χ0) is 13.7. The van der Waals surface area contributed by atoms with Crippen molar-refractivity contribution in [1.82, 2.24) is 5.32 Å². The van der Waals surface area contributed by atoms with E-state index in [1.807, 2.05) is 0 Å². The van der Waals surface area contributed by atoms with Crippen LogP contribution in [0.25, 0.3) is 0 Å². The summed E-state index contributed by atoms with van der Waals surface area (Å²) < 4.78 is 5.83. The summed E-state index contributed by atoms with van der Waals surface area (Å²) in [6.07, 6.45) is 6.62. The molecule has 1 N–H and O–H groups in total. The molecule has 1 aromatic carbocycles. The average Bonchev–Trinajstić information content (AvgIpc) is 2.82. The lowest BCUT2D eigenvalue weighted by atomic mass is 10.1. The monoisotopic (exact) mass is 261 g/mol. The highest BCUT2D eigenvalue weighted by atomic mass is 16.5. The Labute approximate surface area is 117 Å². The summed E-state index contributed by atoms with van der Waals surface area (Å²) in [5, 5.41) is 3.65. The number of hydrogen-bond acceptors (Lipinski definition) is 2. The van der Waals surface area contributed by atoms with E-state index in [0.29, 0.717) is 0 Å². The van der Waals surface area contributed by atoms with Crippen LogP contribution in [0.4, 0.5) is 0 Å². The Kier molecular flexibility index (Phi) is 4.87. The highest BCUT2D eigenvalue weighted by Crippen LogP contribution is 2.19. The van der Waals surface area contributed by atoms with E-state index >= 15 is 0 Å². The largest absolute Gasteiger partial charge is 0.488 e. The van der Waals surface area contributed by atoms with E-state index in [2.05, 4.69) is 50.4 Å². The van der Waals surface area contributed by atoms with E-state index in [9.17, 15) is 0 Å². The van der Waals surface area contributed by atoms with E-state index in [-0.39, 0.29) is 5.60 Å². The number of nitrogens with one attached hydrogen (secondary N) is 1. The van der Waals surface area contributed by atoms with Crippen LogP contribution in [0.5, 0.6) is 5.75 Å². The Hall–Kier alpha value is -1.02. The average molecular weight is 261 g/mol. The second-order valence-corrected chi connectivity index (χ2v) is 6.54. The molecule has 0 aromatic heterocycles. The van der Waals surface area contributed by atoms with Gasteiger partial charge in [0, 0.05) is 6.04 Å². The first-order valence-corrected chi connectivity index (χ1v) is 7.54. The van der Waals surface area contributed by atoms with Crippen molar-refractivity contribution in [3.05, 3.63) is 29.8 Å². The van der Waals surface area contributed by atoms with Crippen molar-refractivity contribution in [1.29, 1.82) is 0 Å². The Bertz CT molecular complexity index is 371. The predicted molar refractivity (Wildman–Crippen MR) is 80.8 cm³/mol. The smallest absolute Gasteiger partial charge is 0.120 e. The molecule has 0 bridgehead atoms. The molecule has 1 aliphatic carbocycles. The Morgan fingerprint density at radius 3 is 2.32 bits per heavy atom. The van der Waals surface area contributed by atoms with Crippen molar-refractivity contribution in [3.8, 4) is 5.75 Å². The summed E-state index contributed by atoms with van der Waals surface area (Å²) in [5.41, 5.74) is 1.26. The van der Waals surface area contributed by atoms with E-state index in [0.717, 1.165) is 24.8 Å².